The first kappa shape index (κ1) is 13.9. The molecule has 104 valence electrons. The van der Waals surface area contributed by atoms with Gasteiger partial charge >= 0.3 is 5.97 Å². The van der Waals surface area contributed by atoms with E-state index in [0.29, 0.717) is 6.42 Å². The minimum absolute atomic E-state index is 0.325. The Bertz CT molecular complexity index is 261. The molecular weight excluding hydrogens is 226 g/mol. The second kappa shape index (κ2) is 7.13. The molecule has 0 spiro atoms. The van der Waals surface area contributed by atoms with E-state index in [-0.39, 0.29) is 0 Å². The quantitative estimate of drug-likeness (QED) is 0.757. The van der Waals surface area contributed by atoms with Gasteiger partial charge in [-0.05, 0) is 51.1 Å². The van der Waals surface area contributed by atoms with E-state index in [1.54, 1.807) is 0 Å². The van der Waals surface area contributed by atoms with E-state index < -0.39 is 5.97 Å². The number of nitrogens with zero attached hydrogens (tertiary/aromatic N) is 1. The zero-order chi connectivity index (χ0) is 12.8. The number of aliphatic carboxylic acids is 1. The van der Waals surface area contributed by atoms with E-state index in [2.05, 4.69) is 4.90 Å². The fourth-order valence-corrected chi connectivity index (χ4v) is 3.68. The van der Waals surface area contributed by atoms with Crippen LogP contribution in [0.15, 0.2) is 0 Å². The minimum atomic E-state index is -0.656. The van der Waals surface area contributed by atoms with Gasteiger partial charge < -0.3 is 10.0 Å². The molecule has 2 aliphatic rings. The molecule has 1 saturated heterocycles. The maximum atomic E-state index is 10.5. The van der Waals surface area contributed by atoms with Crippen LogP contribution in [-0.2, 0) is 4.79 Å². The topological polar surface area (TPSA) is 40.5 Å². The van der Waals surface area contributed by atoms with Crippen LogP contribution in [0.1, 0.15) is 64.2 Å². The largest absolute Gasteiger partial charge is 0.481 e. The van der Waals surface area contributed by atoms with Crippen LogP contribution in [0.3, 0.4) is 0 Å². The van der Waals surface area contributed by atoms with Gasteiger partial charge in [-0.2, -0.15) is 0 Å². The van der Waals surface area contributed by atoms with E-state index >= 15 is 0 Å². The number of hydrogen-bond donors (Lipinski definition) is 1. The average molecular weight is 253 g/mol. The first-order valence-electron chi connectivity index (χ1n) is 7.71. The lowest BCUT2D eigenvalue weighted by molar-refractivity contribution is -0.137. The predicted molar refractivity (Wildman–Crippen MR) is 72.7 cm³/mol. The molecule has 0 aromatic heterocycles. The molecule has 0 aromatic rings. The summed E-state index contributed by atoms with van der Waals surface area (Å²) in [7, 11) is 0. The van der Waals surface area contributed by atoms with E-state index in [4.69, 9.17) is 5.11 Å². The van der Waals surface area contributed by atoms with Gasteiger partial charge in [0.25, 0.3) is 0 Å². The number of carboxylic acid groups (broad SMARTS) is 1. The second-order valence-corrected chi connectivity index (χ2v) is 6.06. The summed E-state index contributed by atoms with van der Waals surface area (Å²) in [6.45, 7) is 2.18. The zero-order valence-electron chi connectivity index (χ0n) is 11.4. The lowest BCUT2D eigenvalue weighted by Crippen LogP contribution is -2.31. The summed E-state index contributed by atoms with van der Waals surface area (Å²) in [6.07, 6.45) is 12.3. The summed E-state index contributed by atoms with van der Waals surface area (Å²) in [6, 6.07) is 0.749. The summed E-state index contributed by atoms with van der Waals surface area (Å²) in [5, 5.41) is 8.68. The molecule has 18 heavy (non-hydrogen) atoms. The molecular formula is C15H27NO2. The molecule has 2 fully saturated rings. The Labute approximate surface area is 111 Å². The Morgan fingerprint density at radius 3 is 2.61 bits per heavy atom. The Morgan fingerprint density at radius 1 is 1.11 bits per heavy atom. The van der Waals surface area contributed by atoms with Gasteiger partial charge in [0.2, 0.25) is 0 Å². The van der Waals surface area contributed by atoms with Crippen molar-refractivity contribution in [3.05, 3.63) is 0 Å². The van der Waals surface area contributed by atoms with Crippen LogP contribution >= 0.6 is 0 Å². The van der Waals surface area contributed by atoms with Gasteiger partial charge in [-0.1, -0.05) is 25.7 Å². The number of carboxylic acids is 1. The third-order valence-electron chi connectivity index (χ3n) is 4.72. The van der Waals surface area contributed by atoms with Crippen molar-refractivity contribution >= 4 is 5.97 Å². The first-order chi connectivity index (χ1) is 8.75. The molecule has 1 aliphatic heterocycles. The van der Waals surface area contributed by atoms with Crippen molar-refractivity contribution in [2.24, 2.45) is 5.92 Å². The van der Waals surface area contributed by atoms with Crippen molar-refractivity contribution in [2.45, 2.75) is 70.3 Å². The van der Waals surface area contributed by atoms with E-state index in [1.165, 1.54) is 57.9 Å². The molecule has 0 bridgehead atoms. The SMILES string of the molecule is O=C(O)CCCN1CCCC1CCC1CCCC1. The van der Waals surface area contributed by atoms with Crippen LogP contribution in [0, 0.1) is 5.92 Å². The number of rotatable bonds is 7. The highest BCUT2D eigenvalue weighted by Crippen LogP contribution is 2.31. The summed E-state index contributed by atoms with van der Waals surface area (Å²) >= 11 is 0. The van der Waals surface area contributed by atoms with E-state index in [9.17, 15) is 4.79 Å². The summed E-state index contributed by atoms with van der Waals surface area (Å²) in [5.74, 6) is 0.336. The summed E-state index contributed by atoms with van der Waals surface area (Å²) < 4.78 is 0. The Balaban J connectivity index is 1.64. The van der Waals surface area contributed by atoms with Gasteiger partial charge in [-0.15, -0.1) is 0 Å². The Hall–Kier alpha value is -0.570. The van der Waals surface area contributed by atoms with Crippen molar-refractivity contribution in [2.75, 3.05) is 13.1 Å². The van der Waals surface area contributed by atoms with E-state index in [0.717, 1.165) is 24.9 Å². The second-order valence-electron chi connectivity index (χ2n) is 6.06. The van der Waals surface area contributed by atoms with Crippen molar-refractivity contribution in [3.63, 3.8) is 0 Å². The number of carbonyl (C=O) groups is 1. The van der Waals surface area contributed by atoms with Gasteiger partial charge in [0.05, 0.1) is 0 Å². The molecule has 0 radical (unpaired) electrons. The normalized spacial score (nSPS) is 25.9. The third kappa shape index (κ3) is 4.27. The van der Waals surface area contributed by atoms with Crippen LogP contribution < -0.4 is 0 Å². The lowest BCUT2D eigenvalue weighted by Gasteiger charge is -2.25. The Morgan fingerprint density at radius 2 is 1.89 bits per heavy atom. The fourth-order valence-electron chi connectivity index (χ4n) is 3.68. The highest BCUT2D eigenvalue weighted by atomic mass is 16.4. The van der Waals surface area contributed by atoms with Crippen LogP contribution in [0.2, 0.25) is 0 Å². The van der Waals surface area contributed by atoms with E-state index in [1.807, 2.05) is 0 Å². The lowest BCUT2D eigenvalue weighted by atomic mass is 9.97. The highest BCUT2D eigenvalue weighted by molar-refractivity contribution is 5.66. The molecule has 3 heteroatoms. The molecule has 0 amide bonds. The van der Waals surface area contributed by atoms with Crippen molar-refractivity contribution < 1.29 is 9.90 Å². The maximum Gasteiger partial charge on any atom is 0.303 e. The molecule has 1 unspecified atom stereocenters. The number of hydrogen-bond acceptors (Lipinski definition) is 2. The van der Waals surface area contributed by atoms with Crippen molar-refractivity contribution in [1.82, 2.24) is 4.90 Å². The minimum Gasteiger partial charge on any atom is -0.481 e. The van der Waals surface area contributed by atoms with Gasteiger partial charge in [-0.25, -0.2) is 0 Å². The standard InChI is InChI=1S/C15H27NO2/c17-15(18)8-4-12-16-11-3-7-14(16)10-9-13-5-1-2-6-13/h13-14H,1-12H2,(H,17,18). The molecule has 2 rings (SSSR count). The summed E-state index contributed by atoms with van der Waals surface area (Å²) in [4.78, 5) is 13.1. The van der Waals surface area contributed by atoms with Crippen molar-refractivity contribution in [1.29, 1.82) is 0 Å². The van der Waals surface area contributed by atoms with Crippen LogP contribution in [0.5, 0.6) is 0 Å². The van der Waals surface area contributed by atoms with Gasteiger partial charge in [-0.3, -0.25) is 4.79 Å². The first-order valence-corrected chi connectivity index (χ1v) is 7.71. The van der Waals surface area contributed by atoms with Gasteiger partial charge in [0.1, 0.15) is 0 Å². The van der Waals surface area contributed by atoms with Crippen LogP contribution in [0.25, 0.3) is 0 Å². The van der Waals surface area contributed by atoms with Gasteiger partial charge in [0.15, 0.2) is 0 Å². The molecule has 1 atom stereocenters. The smallest absolute Gasteiger partial charge is 0.303 e. The van der Waals surface area contributed by atoms with Crippen LogP contribution in [-0.4, -0.2) is 35.1 Å². The number of likely N-dealkylation sites (tertiary alicyclic amines) is 1. The predicted octanol–water partition coefficient (Wildman–Crippen LogP) is 3.29. The maximum absolute atomic E-state index is 10.5. The highest BCUT2D eigenvalue weighted by Gasteiger charge is 2.25. The monoisotopic (exact) mass is 253 g/mol. The molecule has 1 N–H and O–H groups in total. The van der Waals surface area contributed by atoms with Crippen LogP contribution in [0.4, 0.5) is 0 Å². The Kier molecular flexibility index (Phi) is 5.48. The summed E-state index contributed by atoms with van der Waals surface area (Å²) in [5.41, 5.74) is 0. The molecule has 3 nitrogen and oxygen atoms in total. The van der Waals surface area contributed by atoms with Gasteiger partial charge in [0, 0.05) is 12.5 Å². The molecule has 1 heterocycles. The molecule has 1 aliphatic carbocycles. The average Bonchev–Trinajstić information content (AvgIpc) is 2.96. The third-order valence-corrected chi connectivity index (χ3v) is 4.72. The molecule has 1 saturated carbocycles. The zero-order valence-corrected chi connectivity index (χ0v) is 11.4. The molecule has 0 aromatic carbocycles. The van der Waals surface area contributed by atoms with Crippen molar-refractivity contribution in [3.8, 4) is 0 Å². The fraction of sp³-hybridized carbons (Fsp3) is 0.933.